The van der Waals surface area contributed by atoms with Gasteiger partial charge in [0.25, 0.3) is 0 Å². The van der Waals surface area contributed by atoms with Gasteiger partial charge in [0, 0.05) is 12.5 Å². The Balaban J connectivity index is 2.13. The molecule has 0 spiro atoms. The lowest BCUT2D eigenvalue weighted by molar-refractivity contribution is 0.0565. The van der Waals surface area contributed by atoms with Crippen LogP contribution in [0.5, 0.6) is 0 Å². The van der Waals surface area contributed by atoms with Gasteiger partial charge >= 0.3 is 0 Å². The van der Waals surface area contributed by atoms with Gasteiger partial charge in [-0.25, -0.2) is 0 Å². The predicted octanol–water partition coefficient (Wildman–Crippen LogP) is 1.09. The Morgan fingerprint density at radius 2 is 2.25 bits per heavy atom. The molecule has 2 nitrogen and oxygen atoms in total. The molecule has 0 aromatic heterocycles. The SMILES string of the molecule is OCCC1=CC2CCC1C(O)C2. The Morgan fingerprint density at radius 1 is 1.42 bits per heavy atom. The minimum atomic E-state index is -0.129. The lowest BCUT2D eigenvalue weighted by Gasteiger charge is -2.39. The summed E-state index contributed by atoms with van der Waals surface area (Å²) in [6, 6.07) is 0. The van der Waals surface area contributed by atoms with Crippen LogP contribution in [0.25, 0.3) is 0 Å². The van der Waals surface area contributed by atoms with Crippen molar-refractivity contribution in [2.75, 3.05) is 6.61 Å². The van der Waals surface area contributed by atoms with Crippen LogP contribution in [0.3, 0.4) is 0 Å². The number of fused-ring (bicyclic) bond motifs is 2. The van der Waals surface area contributed by atoms with Crippen molar-refractivity contribution in [1.29, 1.82) is 0 Å². The van der Waals surface area contributed by atoms with E-state index < -0.39 is 0 Å². The summed E-state index contributed by atoms with van der Waals surface area (Å²) in [5.74, 6) is 0.952. The first kappa shape index (κ1) is 8.27. The quantitative estimate of drug-likeness (QED) is 0.606. The van der Waals surface area contributed by atoms with Gasteiger partial charge in [0.1, 0.15) is 0 Å². The van der Waals surface area contributed by atoms with E-state index in [-0.39, 0.29) is 12.7 Å². The maximum Gasteiger partial charge on any atom is 0.0611 e. The molecule has 12 heavy (non-hydrogen) atoms. The van der Waals surface area contributed by atoms with Gasteiger partial charge in [-0.15, -0.1) is 0 Å². The third-order valence-corrected chi connectivity index (χ3v) is 3.18. The summed E-state index contributed by atoms with van der Waals surface area (Å²) in [7, 11) is 0. The molecule has 2 N–H and O–H groups in total. The summed E-state index contributed by atoms with van der Waals surface area (Å²) in [6.07, 6.45) is 6.21. The molecule has 1 saturated carbocycles. The average Bonchev–Trinajstić information content (AvgIpc) is 2.05. The van der Waals surface area contributed by atoms with Crippen molar-refractivity contribution >= 4 is 0 Å². The fourth-order valence-corrected chi connectivity index (χ4v) is 2.59. The van der Waals surface area contributed by atoms with E-state index in [1.807, 2.05) is 0 Å². The minimum absolute atomic E-state index is 0.129. The second-order valence-electron chi connectivity index (χ2n) is 3.96. The third-order valence-electron chi connectivity index (χ3n) is 3.18. The summed E-state index contributed by atoms with van der Waals surface area (Å²) in [4.78, 5) is 0. The van der Waals surface area contributed by atoms with Gasteiger partial charge in [0.15, 0.2) is 0 Å². The molecular weight excluding hydrogens is 152 g/mol. The lowest BCUT2D eigenvalue weighted by atomic mass is 9.69. The van der Waals surface area contributed by atoms with Crippen LogP contribution in [0.1, 0.15) is 25.7 Å². The highest BCUT2D eigenvalue weighted by molar-refractivity contribution is 5.18. The third kappa shape index (κ3) is 1.29. The highest BCUT2D eigenvalue weighted by Crippen LogP contribution is 2.41. The van der Waals surface area contributed by atoms with Gasteiger partial charge in [-0.2, -0.15) is 0 Å². The zero-order chi connectivity index (χ0) is 8.55. The van der Waals surface area contributed by atoms with Crippen molar-refractivity contribution < 1.29 is 10.2 Å². The van der Waals surface area contributed by atoms with Crippen molar-refractivity contribution in [3.8, 4) is 0 Å². The van der Waals surface area contributed by atoms with E-state index in [9.17, 15) is 5.11 Å². The van der Waals surface area contributed by atoms with Crippen LogP contribution in [0, 0.1) is 11.8 Å². The zero-order valence-corrected chi connectivity index (χ0v) is 7.24. The van der Waals surface area contributed by atoms with E-state index in [1.165, 1.54) is 12.0 Å². The van der Waals surface area contributed by atoms with Crippen LogP contribution < -0.4 is 0 Å². The smallest absolute Gasteiger partial charge is 0.0611 e. The maximum atomic E-state index is 9.67. The molecule has 3 aliphatic carbocycles. The van der Waals surface area contributed by atoms with E-state index in [0.29, 0.717) is 11.8 Å². The number of rotatable bonds is 2. The average molecular weight is 168 g/mol. The van der Waals surface area contributed by atoms with E-state index in [1.54, 1.807) is 0 Å². The second-order valence-corrected chi connectivity index (χ2v) is 3.96. The molecule has 3 unspecified atom stereocenters. The van der Waals surface area contributed by atoms with Crippen molar-refractivity contribution in [2.45, 2.75) is 31.8 Å². The van der Waals surface area contributed by atoms with Crippen molar-refractivity contribution in [1.82, 2.24) is 0 Å². The topological polar surface area (TPSA) is 40.5 Å². The monoisotopic (exact) mass is 168 g/mol. The highest BCUT2D eigenvalue weighted by atomic mass is 16.3. The fourth-order valence-electron chi connectivity index (χ4n) is 2.59. The standard InChI is InChI=1S/C10H16O2/c11-4-3-8-5-7-1-2-9(8)10(12)6-7/h5,7,9-12H,1-4,6H2. The molecule has 2 bridgehead atoms. The normalized spacial score (nSPS) is 39.8. The predicted molar refractivity (Wildman–Crippen MR) is 46.6 cm³/mol. The van der Waals surface area contributed by atoms with E-state index in [2.05, 4.69) is 6.08 Å². The Kier molecular flexibility index (Phi) is 2.20. The first-order valence-electron chi connectivity index (χ1n) is 4.80. The van der Waals surface area contributed by atoms with E-state index in [0.717, 1.165) is 19.3 Å². The van der Waals surface area contributed by atoms with Gasteiger partial charge in [-0.3, -0.25) is 0 Å². The molecule has 0 heterocycles. The fraction of sp³-hybridized carbons (Fsp3) is 0.800. The summed E-state index contributed by atoms with van der Waals surface area (Å²) in [5, 5.41) is 18.5. The summed E-state index contributed by atoms with van der Waals surface area (Å²) >= 11 is 0. The first-order chi connectivity index (χ1) is 5.81. The largest absolute Gasteiger partial charge is 0.396 e. The molecule has 1 fully saturated rings. The van der Waals surface area contributed by atoms with Crippen molar-refractivity contribution in [2.24, 2.45) is 11.8 Å². The molecule has 0 aliphatic heterocycles. The molecule has 0 saturated heterocycles. The zero-order valence-electron chi connectivity index (χ0n) is 7.24. The van der Waals surface area contributed by atoms with Crippen LogP contribution in [-0.4, -0.2) is 22.9 Å². The van der Waals surface area contributed by atoms with Crippen LogP contribution in [0.2, 0.25) is 0 Å². The van der Waals surface area contributed by atoms with E-state index in [4.69, 9.17) is 5.11 Å². The maximum absolute atomic E-state index is 9.67. The Labute approximate surface area is 72.9 Å². The van der Waals surface area contributed by atoms with Gasteiger partial charge in [-0.05, 0) is 31.6 Å². The molecular formula is C10H16O2. The minimum Gasteiger partial charge on any atom is -0.396 e. The van der Waals surface area contributed by atoms with Crippen LogP contribution in [0.4, 0.5) is 0 Å². The number of hydrogen-bond acceptors (Lipinski definition) is 2. The first-order valence-corrected chi connectivity index (χ1v) is 4.80. The van der Waals surface area contributed by atoms with Crippen molar-refractivity contribution in [3.63, 3.8) is 0 Å². The van der Waals surface area contributed by atoms with Crippen LogP contribution in [-0.2, 0) is 0 Å². The van der Waals surface area contributed by atoms with E-state index >= 15 is 0 Å². The molecule has 0 aromatic rings. The highest BCUT2D eigenvalue weighted by Gasteiger charge is 2.34. The summed E-state index contributed by atoms with van der Waals surface area (Å²) < 4.78 is 0. The Hall–Kier alpha value is -0.340. The molecule has 3 rings (SSSR count). The molecule has 3 aliphatic rings. The molecule has 2 heteroatoms. The van der Waals surface area contributed by atoms with Gasteiger partial charge < -0.3 is 10.2 Å². The molecule has 68 valence electrons. The number of hydrogen-bond donors (Lipinski definition) is 2. The van der Waals surface area contributed by atoms with Gasteiger partial charge in [-0.1, -0.05) is 11.6 Å². The van der Waals surface area contributed by atoms with Gasteiger partial charge in [0.05, 0.1) is 6.10 Å². The Morgan fingerprint density at radius 3 is 2.83 bits per heavy atom. The number of aliphatic hydroxyl groups excluding tert-OH is 2. The summed E-state index contributed by atoms with van der Waals surface area (Å²) in [5.41, 5.74) is 1.30. The Bertz CT molecular complexity index is 198. The van der Waals surface area contributed by atoms with Gasteiger partial charge in [0.2, 0.25) is 0 Å². The van der Waals surface area contributed by atoms with Crippen LogP contribution in [0.15, 0.2) is 11.6 Å². The molecule has 0 radical (unpaired) electrons. The number of aliphatic hydroxyl groups is 2. The lowest BCUT2D eigenvalue weighted by Crippen LogP contribution is -2.35. The molecule has 0 amide bonds. The molecule has 3 atom stereocenters. The number of allylic oxidation sites excluding steroid dienone is 1. The summed E-state index contributed by atoms with van der Waals surface area (Å²) in [6.45, 7) is 0.224. The second kappa shape index (κ2) is 3.19. The van der Waals surface area contributed by atoms with Crippen molar-refractivity contribution in [3.05, 3.63) is 11.6 Å². The van der Waals surface area contributed by atoms with Crippen LogP contribution >= 0.6 is 0 Å². The molecule has 0 aromatic carbocycles.